The molecule has 2 saturated heterocycles. The number of carbonyl (C=O) groups is 3. The fourth-order valence-electron chi connectivity index (χ4n) is 4.11. The van der Waals surface area contributed by atoms with Crippen molar-refractivity contribution in [2.24, 2.45) is 0 Å². The van der Waals surface area contributed by atoms with Gasteiger partial charge in [0.25, 0.3) is 0 Å². The molecule has 2 aromatic rings. The monoisotopic (exact) mass is 582 g/mol. The molecule has 10 nitrogen and oxygen atoms in total. The second kappa shape index (κ2) is 16.8. The highest BCUT2D eigenvalue weighted by molar-refractivity contribution is 6.30. The standard InChI is InChI=1S/C13H16ClNO2.C13H18FNO2.C2H2O4/c1-10(16)15-8-6-13(7-9-15)17-12-4-2-11(14)3-5-12;1-15-8-2-7-13(16-9-10-17-13)11-3-5-12(14)6-4-11;3-1(4)2(5)6/h2-5,13H,6-9H2,1H3;3-6,15H,2,7-10H2,1H3;(H,3,4)(H,5,6). The van der Waals surface area contributed by atoms with Crippen molar-refractivity contribution in [1.29, 1.82) is 0 Å². The third kappa shape index (κ3) is 11.1. The van der Waals surface area contributed by atoms with Crippen LogP contribution in [0, 0.1) is 5.82 Å². The van der Waals surface area contributed by atoms with Gasteiger partial charge in [-0.3, -0.25) is 4.79 Å². The molecule has 0 saturated carbocycles. The van der Waals surface area contributed by atoms with E-state index < -0.39 is 17.7 Å². The molecule has 1 amide bonds. The zero-order valence-electron chi connectivity index (χ0n) is 22.6. The molecule has 0 atom stereocenters. The molecule has 0 aromatic heterocycles. The Bertz CT molecular complexity index is 1060. The van der Waals surface area contributed by atoms with Crippen LogP contribution >= 0.6 is 11.6 Å². The average Bonchev–Trinajstić information content (AvgIpc) is 3.41. The number of amides is 1. The van der Waals surface area contributed by atoms with Crippen molar-refractivity contribution in [3.63, 3.8) is 0 Å². The number of piperidine rings is 1. The molecule has 40 heavy (non-hydrogen) atoms. The van der Waals surface area contributed by atoms with E-state index >= 15 is 0 Å². The van der Waals surface area contributed by atoms with Crippen molar-refractivity contribution >= 4 is 29.4 Å². The average molecular weight is 583 g/mol. The Labute approximate surface area is 238 Å². The molecule has 3 N–H and O–H groups in total. The highest BCUT2D eigenvalue weighted by atomic mass is 35.5. The molecule has 2 aromatic carbocycles. The summed E-state index contributed by atoms with van der Waals surface area (Å²) in [5.41, 5.74) is 0.896. The number of rotatable bonds is 7. The van der Waals surface area contributed by atoms with Gasteiger partial charge in [-0.25, -0.2) is 14.0 Å². The number of ether oxygens (including phenoxy) is 3. The quantitative estimate of drug-likeness (QED) is 0.328. The molecule has 0 spiro atoms. The topological polar surface area (TPSA) is 135 Å². The number of hydrogen-bond acceptors (Lipinski definition) is 7. The van der Waals surface area contributed by atoms with Gasteiger partial charge >= 0.3 is 11.9 Å². The number of carboxylic acids is 2. The van der Waals surface area contributed by atoms with Gasteiger partial charge in [-0.2, -0.15) is 0 Å². The van der Waals surface area contributed by atoms with E-state index in [2.05, 4.69) is 5.32 Å². The zero-order valence-corrected chi connectivity index (χ0v) is 23.4. The largest absolute Gasteiger partial charge is 0.490 e. The fraction of sp³-hybridized carbons (Fsp3) is 0.464. The molecule has 0 unspecified atom stereocenters. The summed E-state index contributed by atoms with van der Waals surface area (Å²) < 4.78 is 30.2. The van der Waals surface area contributed by atoms with Crippen molar-refractivity contribution < 1.29 is 43.2 Å². The fourth-order valence-corrected chi connectivity index (χ4v) is 4.23. The number of benzene rings is 2. The van der Waals surface area contributed by atoms with Crippen LogP contribution in [0.15, 0.2) is 48.5 Å². The third-order valence-electron chi connectivity index (χ3n) is 6.16. The Morgan fingerprint density at radius 3 is 2.05 bits per heavy atom. The molecule has 2 heterocycles. The Morgan fingerprint density at radius 1 is 1.02 bits per heavy atom. The maximum atomic E-state index is 12.9. The lowest BCUT2D eigenvalue weighted by atomic mass is 10.0. The summed E-state index contributed by atoms with van der Waals surface area (Å²) >= 11 is 5.81. The SMILES string of the molecule is CC(=O)N1CCC(Oc2ccc(Cl)cc2)CC1.CNCCCC1(c2ccc(F)cc2)OCCO1.O=C(O)C(=O)O. The van der Waals surface area contributed by atoms with Crippen LogP contribution in [0.1, 0.15) is 38.2 Å². The van der Waals surface area contributed by atoms with Crippen LogP contribution in [0.25, 0.3) is 0 Å². The lowest BCUT2D eigenvalue weighted by Gasteiger charge is -2.31. The summed E-state index contributed by atoms with van der Waals surface area (Å²) in [5.74, 6) is -3.57. The maximum Gasteiger partial charge on any atom is 0.414 e. The van der Waals surface area contributed by atoms with E-state index in [1.54, 1.807) is 19.1 Å². The highest BCUT2D eigenvalue weighted by Crippen LogP contribution is 2.35. The first kappa shape index (κ1) is 33.0. The summed E-state index contributed by atoms with van der Waals surface area (Å²) in [5, 5.41) is 18.6. The van der Waals surface area contributed by atoms with E-state index in [1.807, 2.05) is 36.2 Å². The molecule has 0 bridgehead atoms. The highest BCUT2D eigenvalue weighted by Gasteiger charge is 2.37. The minimum atomic E-state index is -1.82. The molecule has 0 radical (unpaired) electrons. The van der Waals surface area contributed by atoms with Crippen LogP contribution in [0.5, 0.6) is 5.75 Å². The second-order valence-corrected chi connectivity index (χ2v) is 9.49. The van der Waals surface area contributed by atoms with E-state index in [-0.39, 0.29) is 17.8 Å². The van der Waals surface area contributed by atoms with Crippen LogP contribution in [0.3, 0.4) is 0 Å². The first-order chi connectivity index (χ1) is 19.1. The molecule has 12 heteroatoms. The second-order valence-electron chi connectivity index (χ2n) is 9.05. The summed E-state index contributed by atoms with van der Waals surface area (Å²) in [6.07, 6.45) is 3.71. The number of likely N-dealkylation sites (tertiary alicyclic amines) is 1. The van der Waals surface area contributed by atoms with Crippen molar-refractivity contribution in [1.82, 2.24) is 10.2 Å². The first-order valence-electron chi connectivity index (χ1n) is 12.9. The van der Waals surface area contributed by atoms with Crippen LogP contribution in [0.2, 0.25) is 5.02 Å². The molecule has 0 aliphatic carbocycles. The van der Waals surface area contributed by atoms with Gasteiger partial charge in [0.2, 0.25) is 5.91 Å². The van der Waals surface area contributed by atoms with Gasteiger partial charge in [-0.15, -0.1) is 0 Å². The molecular weight excluding hydrogens is 547 g/mol. The number of halogens is 2. The zero-order chi connectivity index (χ0) is 29.5. The lowest BCUT2D eigenvalue weighted by Crippen LogP contribution is -2.40. The predicted octanol–water partition coefficient (Wildman–Crippen LogP) is 3.91. The smallest absolute Gasteiger partial charge is 0.414 e. The van der Waals surface area contributed by atoms with Gasteiger partial charge in [0.05, 0.1) is 13.2 Å². The lowest BCUT2D eigenvalue weighted by molar-refractivity contribution is -0.171. The van der Waals surface area contributed by atoms with Gasteiger partial charge < -0.3 is 34.6 Å². The van der Waals surface area contributed by atoms with Crippen LogP contribution in [0.4, 0.5) is 4.39 Å². The maximum absolute atomic E-state index is 12.9. The van der Waals surface area contributed by atoms with E-state index in [0.29, 0.717) is 18.2 Å². The van der Waals surface area contributed by atoms with Gasteiger partial charge in [-0.05, 0) is 56.4 Å². The van der Waals surface area contributed by atoms with Gasteiger partial charge in [0.15, 0.2) is 5.79 Å². The summed E-state index contributed by atoms with van der Waals surface area (Å²) in [6.45, 7) is 5.28. The number of nitrogens with zero attached hydrogens (tertiary/aromatic N) is 1. The van der Waals surface area contributed by atoms with Crippen molar-refractivity contribution in [2.75, 3.05) is 39.9 Å². The minimum Gasteiger partial charge on any atom is -0.490 e. The van der Waals surface area contributed by atoms with Gasteiger partial charge in [0, 0.05) is 49.9 Å². The van der Waals surface area contributed by atoms with Crippen molar-refractivity contribution in [3.8, 4) is 5.75 Å². The Morgan fingerprint density at radius 2 is 1.57 bits per heavy atom. The number of hydrogen-bond donors (Lipinski definition) is 3. The van der Waals surface area contributed by atoms with Crippen LogP contribution in [-0.4, -0.2) is 79.0 Å². The van der Waals surface area contributed by atoms with Crippen LogP contribution < -0.4 is 10.1 Å². The molecule has 220 valence electrons. The molecule has 2 aliphatic rings. The summed E-state index contributed by atoms with van der Waals surface area (Å²) in [6, 6.07) is 13.8. The normalized spacial score (nSPS) is 16.1. The number of nitrogens with one attached hydrogen (secondary N) is 1. The number of carboxylic acid groups (broad SMARTS) is 2. The minimum absolute atomic E-state index is 0.148. The van der Waals surface area contributed by atoms with E-state index in [0.717, 1.165) is 56.6 Å². The van der Waals surface area contributed by atoms with E-state index in [9.17, 15) is 9.18 Å². The Hall–Kier alpha value is -3.25. The molecule has 2 fully saturated rings. The Balaban J connectivity index is 0.000000234. The van der Waals surface area contributed by atoms with Crippen LogP contribution in [-0.2, 0) is 29.6 Å². The van der Waals surface area contributed by atoms with Crippen molar-refractivity contribution in [3.05, 3.63) is 64.9 Å². The third-order valence-corrected chi connectivity index (χ3v) is 6.41. The molecule has 4 rings (SSSR count). The van der Waals surface area contributed by atoms with Gasteiger partial charge in [0.1, 0.15) is 17.7 Å². The molecule has 2 aliphatic heterocycles. The van der Waals surface area contributed by atoms with Crippen molar-refractivity contribution in [2.45, 2.75) is 44.5 Å². The summed E-state index contributed by atoms with van der Waals surface area (Å²) in [7, 11) is 1.92. The van der Waals surface area contributed by atoms with Gasteiger partial charge in [-0.1, -0.05) is 23.7 Å². The van der Waals surface area contributed by atoms with E-state index in [1.165, 1.54) is 12.1 Å². The Kier molecular flexibility index (Phi) is 13.8. The number of carbonyl (C=O) groups excluding carboxylic acids is 1. The summed E-state index contributed by atoms with van der Waals surface area (Å²) in [4.78, 5) is 31.2. The predicted molar refractivity (Wildman–Crippen MR) is 146 cm³/mol. The molecular formula is C28H36ClFN2O8. The van der Waals surface area contributed by atoms with E-state index in [4.69, 9.17) is 45.6 Å². The number of aliphatic carboxylic acids is 2. The first-order valence-corrected chi connectivity index (χ1v) is 13.3.